The summed E-state index contributed by atoms with van der Waals surface area (Å²) in [7, 11) is -3.82. The Morgan fingerprint density at radius 1 is 1.27 bits per heavy atom. The average Bonchev–Trinajstić information content (AvgIpc) is 2.94. The Bertz CT molecular complexity index is 935. The summed E-state index contributed by atoms with van der Waals surface area (Å²) in [4.78, 5) is 11.4. The van der Waals surface area contributed by atoms with Gasteiger partial charge in [0.1, 0.15) is 17.6 Å². The van der Waals surface area contributed by atoms with Gasteiger partial charge in [-0.05, 0) is 39.0 Å². The molecule has 0 unspecified atom stereocenters. The number of carbonyl (C=O) groups excluding carboxylic acids is 1. The zero-order valence-electron chi connectivity index (χ0n) is 14.9. The van der Waals surface area contributed by atoms with Gasteiger partial charge >= 0.3 is 0 Å². The summed E-state index contributed by atoms with van der Waals surface area (Å²) in [5, 5.41) is 0. The molecule has 1 aliphatic rings. The van der Waals surface area contributed by atoms with Crippen LogP contribution in [0.1, 0.15) is 36.7 Å². The van der Waals surface area contributed by atoms with Crippen molar-refractivity contribution in [1.82, 2.24) is 0 Å². The van der Waals surface area contributed by atoms with Crippen LogP contribution in [0.3, 0.4) is 0 Å². The quantitative estimate of drug-likeness (QED) is 0.783. The van der Waals surface area contributed by atoms with Gasteiger partial charge in [0.05, 0.1) is 17.2 Å². The van der Waals surface area contributed by atoms with Gasteiger partial charge in [0, 0.05) is 23.6 Å². The van der Waals surface area contributed by atoms with Crippen molar-refractivity contribution in [2.75, 3.05) is 11.3 Å². The number of anilines is 1. The lowest BCUT2D eigenvalue weighted by Gasteiger charge is -2.15. The molecule has 1 N–H and O–H groups in total. The van der Waals surface area contributed by atoms with Gasteiger partial charge in [-0.1, -0.05) is 12.1 Å². The van der Waals surface area contributed by atoms with Crippen LogP contribution in [0.2, 0.25) is 0 Å². The topological polar surface area (TPSA) is 81.7 Å². The molecule has 138 valence electrons. The first-order valence-corrected chi connectivity index (χ1v) is 9.88. The Balaban J connectivity index is 1.94. The molecule has 2 aromatic rings. The maximum atomic E-state index is 12.7. The number of benzene rings is 2. The third-order valence-electron chi connectivity index (χ3n) is 4.11. The molecular weight excluding hydrogens is 354 g/mol. The summed E-state index contributed by atoms with van der Waals surface area (Å²) < 4.78 is 39.3. The molecule has 1 heterocycles. The number of carbonyl (C=O) groups is 1. The molecule has 0 amide bonds. The van der Waals surface area contributed by atoms with E-state index in [1.807, 2.05) is 19.9 Å². The van der Waals surface area contributed by atoms with E-state index in [-0.39, 0.29) is 16.8 Å². The molecule has 1 aliphatic heterocycles. The molecule has 26 heavy (non-hydrogen) atoms. The van der Waals surface area contributed by atoms with E-state index in [4.69, 9.17) is 9.47 Å². The van der Waals surface area contributed by atoms with E-state index in [1.54, 1.807) is 6.07 Å². The van der Waals surface area contributed by atoms with E-state index in [0.717, 1.165) is 12.0 Å². The first kappa shape index (κ1) is 18.3. The number of hydrogen-bond donors (Lipinski definition) is 1. The van der Waals surface area contributed by atoms with E-state index >= 15 is 0 Å². The Hall–Kier alpha value is -2.54. The van der Waals surface area contributed by atoms with Crippen LogP contribution in [0.15, 0.2) is 41.3 Å². The fourth-order valence-corrected chi connectivity index (χ4v) is 3.93. The monoisotopic (exact) mass is 375 g/mol. The molecule has 0 aromatic heterocycles. The van der Waals surface area contributed by atoms with Crippen LogP contribution < -0.4 is 14.2 Å². The van der Waals surface area contributed by atoms with Gasteiger partial charge in [-0.3, -0.25) is 9.52 Å². The lowest BCUT2D eigenvalue weighted by molar-refractivity contribution is 0.101. The summed E-state index contributed by atoms with van der Waals surface area (Å²) in [6.45, 7) is 5.64. The lowest BCUT2D eigenvalue weighted by Crippen LogP contribution is -2.14. The van der Waals surface area contributed by atoms with Gasteiger partial charge in [-0.25, -0.2) is 8.42 Å². The van der Waals surface area contributed by atoms with Gasteiger partial charge in [0.15, 0.2) is 5.78 Å². The number of nitrogens with one attached hydrogen (secondary N) is 1. The minimum absolute atomic E-state index is 0.0467. The molecule has 0 saturated carbocycles. The maximum absolute atomic E-state index is 12.7. The van der Waals surface area contributed by atoms with Crippen molar-refractivity contribution in [2.45, 2.75) is 38.2 Å². The third-order valence-corrected chi connectivity index (χ3v) is 5.49. The minimum Gasteiger partial charge on any atom is -0.492 e. The van der Waals surface area contributed by atoms with Crippen molar-refractivity contribution in [3.8, 4) is 11.5 Å². The largest absolute Gasteiger partial charge is 0.492 e. The van der Waals surface area contributed by atoms with Crippen LogP contribution in [0.25, 0.3) is 0 Å². The zero-order valence-corrected chi connectivity index (χ0v) is 15.7. The Morgan fingerprint density at radius 2 is 1.96 bits per heavy atom. The number of fused-ring (bicyclic) bond motifs is 1. The van der Waals surface area contributed by atoms with Crippen molar-refractivity contribution in [3.63, 3.8) is 0 Å². The van der Waals surface area contributed by atoms with Crippen molar-refractivity contribution in [2.24, 2.45) is 0 Å². The summed E-state index contributed by atoms with van der Waals surface area (Å²) in [5.41, 5.74) is 1.78. The molecular formula is C19H21NO5S. The van der Waals surface area contributed by atoms with Crippen LogP contribution in [0.4, 0.5) is 5.69 Å². The minimum atomic E-state index is -3.82. The molecule has 3 rings (SSSR count). The second kappa shape index (κ2) is 6.99. The highest BCUT2D eigenvalue weighted by atomic mass is 32.2. The Morgan fingerprint density at radius 3 is 2.58 bits per heavy atom. The summed E-state index contributed by atoms with van der Waals surface area (Å²) >= 11 is 0. The molecule has 6 nitrogen and oxygen atoms in total. The number of Topliss-reactive ketones (excluding diaryl/α,β-unsaturated/α-hetero) is 1. The second-order valence-electron chi connectivity index (χ2n) is 6.21. The predicted molar refractivity (Wildman–Crippen MR) is 98.7 cm³/mol. The van der Waals surface area contributed by atoms with Gasteiger partial charge in [-0.2, -0.15) is 0 Å². The first-order chi connectivity index (χ1) is 12.3. The fraction of sp³-hybridized carbons (Fsp3) is 0.316. The van der Waals surface area contributed by atoms with Crippen LogP contribution in [-0.4, -0.2) is 26.9 Å². The molecule has 0 radical (unpaired) electrons. The van der Waals surface area contributed by atoms with E-state index < -0.39 is 10.0 Å². The number of ketones is 1. The summed E-state index contributed by atoms with van der Waals surface area (Å²) in [6, 6.07) is 9.28. The van der Waals surface area contributed by atoms with Crippen LogP contribution in [-0.2, 0) is 16.4 Å². The van der Waals surface area contributed by atoms with Crippen molar-refractivity contribution in [3.05, 3.63) is 47.5 Å². The number of rotatable bonds is 6. The van der Waals surface area contributed by atoms with Gasteiger partial charge in [-0.15, -0.1) is 0 Å². The van der Waals surface area contributed by atoms with Crippen molar-refractivity contribution in [1.29, 1.82) is 0 Å². The Kier molecular flexibility index (Phi) is 4.91. The first-order valence-electron chi connectivity index (χ1n) is 8.40. The number of ether oxygens (including phenoxy) is 2. The van der Waals surface area contributed by atoms with Gasteiger partial charge < -0.3 is 9.47 Å². The van der Waals surface area contributed by atoms with E-state index in [9.17, 15) is 13.2 Å². The van der Waals surface area contributed by atoms with Gasteiger partial charge in [0.2, 0.25) is 0 Å². The molecule has 1 atom stereocenters. The summed E-state index contributed by atoms with van der Waals surface area (Å²) in [5.74, 6) is 1.00. The van der Waals surface area contributed by atoms with Crippen LogP contribution in [0.5, 0.6) is 11.5 Å². The molecule has 2 aromatic carbocycles. The average molecular weight is 375 g/mol. The normalized spacial score (nSPS) is 15.9. The van der Waals surface area contributed by atoms with E-state index in [1.165, 1.54) is 31.2 Å². The molecule has 0 spiro atoms. The lowest BCUT2D eigenvalue weighted by atomic mass is 10.1. The van der Waals surface area contributed by atoms with Crippen molar-refractivity contribution < 1.29 is 22.7 Å². The van der Waals surface area contributed by atoms with Crippen LogP contribution >= 0.6 is 0 Å². The van der Waals surface area contributed by atoms with Crippen LogP contribution in [0, 0.1) is 0 Å². The highest BCUT2D eigenvalue weighted by Crippen LogP contribution is 2.38. The molecule has 0 fully saturated rings. The molecule has 7 heteroatoms. The predicted octanol–water partition coefficient (Wildman–Crippen LogP) is 3.41. The zero-order chi connectivity index (χ0) is 18.9. The molecule has 0 aliphatic carbocycles. The highest BCUT2D eigenvalue weighted by molar-refractivity contribution is 7.92. The smallest absolute Gasteiger partial charge is 0.262 e. The number of hydrogen-bond acceptors (Lipinski definition) is 5. The molecule has 0 bridgehead atoms. The fourth-order valence-electron chi connectivity index (χ4n) is 2.87. The van der Waals surface area contributed by atoms with Gasteiger partial charge in [0.25, 0.3) is 10.0 Å². The Labute approximate surface area is 153 Å². The van der Waals surface area contributed by atoms with E-state index in [0.29, 0.717) is 29.4 Å². The second-order valence-corrected chi connectivity index (χ2v) is 7.89. The third kappa shape index (κ3) is 3.67. The standard InChI is InChI=1S/C19H21NO5S/c1-4-24-19-10-15-9-12(2)25-18(15)11-17(19)20-26(22,23)16-7-5-14(6-8-16)13(3)21/h5-8,10-12,20H,4,9H2,1-3H3/t12-/m1/s1. The number of sulfonamides is 1. The van der Waals surface area contributed by atoms with Crippen molar-refractivity contribution >= 4 is 21.5 Å². The maximum Gasteiger partial charge on any atom is 0.262 e. The van der Waals surface area contributed by atoms with E-state index in [2.05, 4.69) is 4.72 Å². The summed E-state index contributed by atoms with van der Waals surface area (Å²) in [6.07, 6.45) is 0.806. The molecule has 0 saturated heterocycles. The highest BCUT2D eigenvalue weighted by Gasteiger charge is 2.24. The SMILES string of the molecule is CCOc1cc2c(cc1NS(=O)(=O)c1ccc(C(C)=O)cc1)O[C@H](C)C2.